The van der Waals surface area contributed by atoms with Crippen molar-refractivity contribution in [2.75, 3.05) is 39.5 Å². The number of carbonyl (C=O) groups is 1. The number of hydrogen-bond donors (Lipinski definition) is 0. The van der Waals surface area contributed by atoms with Gasteiger partial charge in [0.2, 0.25) is 11.8 Å². The van der Waals surface area contributed by atoms with Crippen molar-refractivity contribution in [3.63, 3.8) is 0 Å². The molecule has 3 heterocycles. The maximum absolute atomic E-state index is 11.9. The number of aromatic nitrogens is 2. The zero-order valence-electron chi connectivity index (χ0n) is 13.0. The number of amides is 1. The Labute approximate surface area is 129 Å². The summed E-state index contributed by atoms with van der Waals surface area (Å²) in [6.07, 6.45) is 2.69. The first-order valence-corrected chi connectivity index (χ1v) is 8.04. The van der Waals surface area contributed by atoms with Crippen molar-refractivity contribution >= 4 is 5.91 Å². The molecule has 3 rings (SSSR count). The SMILES string of the molecule is CCOCC(=O)N1CCC(c2nc([C@@H]3CCOC3)no2)CC1. The quantitative estimate of drug-likeness (QED) is 0.816. The van der Waals surface area contributed by atoms with E-state index in [0.29, 0.717) is 19.1 Å². The standard InChI is InChI=1S/C15H23N3O4/c1-2-20-10-13(19)18-6-3-11(4-7-18)15-16-14(17-22-15)12-5-8-21-9-12/h11-12H,2-10H2,1H3/t12-/m1/s1. The second-order valence-corrected chi connectivity index (χ2v) is 5.84. The molecule has 2 aliphatic heterocycles. The third-order valence-electron chi connectivity index (χ3n) is 4.38. The minimum absolute atomic E-state index is 0.0645. The summed E-state index contributed by atoms with van der Waals surface area (Å²) in [4.78, 5) is 18.3. The van der Waals surface area contributed by atoms with E-state index in [1.54, 1.807) is 0 Å². The molecular weight excluding hydrogens is 286 g/mol. The Hall–Kier alpha value is -1.47. The minimum Gasteiger partial charge on any atom is -0.381 e. The Morgan fingerprint density at radius 2 is 2.14 bits per heavy atom. The molecule has 22 heavy (non-hydrogen) atoms. The van der Waals surface area contributed by atoms with Gasteiger partial charge >= 0.3 is 0 Å². The average Bonchev–Trinajstić information content (AvgIpc) is 3.23. The summed E-state index contributed by atoms with van der Waals surface area (Å²) < 4.78 is 16.0. The first kappa shape index (κ1) is 15.4. The lowest BCUT2D eigenvalue weighted by Gasteiger charge is -2.30. The fourth-order valence-electron chi connectivity index (χ4n) is 2.97. The van der Waals surface area contributed by atoms with Crippen LogP contribution in [0.4, 0.5) is 0 Å². The van der Waals surface area contributed by atoms with Crippen LogP contribution in [0.5, 0.6) is 0 Å². The van der Waals surface area contributed by atoms with Crippen LogP contribution in [0.3, 0.4) is 0 Å². The van der Waals surface area contributed by atoms with E-state index in [1.165, 1.54) is 0 Å². The molecule has 1 aromatic rings. The van der Waals surface area contributed by atoms with Crippen LogP contribution in [0.25, 0.3) is 0 Å². The highest BCUT2D eigenvalue weighted by Crippen LogP contribution is 2.29. The highest BCUT2D eigenvalue weighted by atomic mass is 16.5. The molecule has 2 fully saturated rings. The number of rotatable bonds is 5. The molecule has 7 nitrogen and oxygen atoms in total. The molecule has 7 heteroatoms. The first-order valence-electron chi connectivity index (χ1n) is 8.04. The Balaban J connectivity index is 1.52. The van der Waals surface area contributed by atoms with E-state index in [0.717, 1.165) is 44.8 Å². The van der Waals surface area contributed by atoms with E-state index in [-0.39, 0.29) is 24.3 Å². The van der Waals surface area contributed by atoms with Crippen molar-refractivity contribution in [3.05, 3.63) is 11.7 Å². The molecule has 0 spiro atoms. The lowest BCUT2D eigenvalue weighted by molar-refractivity contribution is -0.137. The van der Waals surface area contributed by atoms with Crippen molar-refractivity contribution < 1.29 is 18.8 Å². The average molecular weight is 309 g/mol. The van der Waals surface area contributed by atoms with Gasteiger partial charge in [-0.25, -0.2) is 0 Å². The van der Waals surface area contributed by atoms with Gasteiger partial charge in [0.05, 0.1) is 6.61 Å². The first-order chi connectivity index (χ1) is 10.8. The maximum Gasteiger partial charge on any atom is 0.248 e. The highest BCUT2D eigenvalue weighted by Gasteiger charge is 2.29. The van der Waals surface area contributed by atoms with Crippen molar-refractivity contribution in [1.29, 1.82) is 0 Å². The molecule has 2 aliphatic rings. The van der Waals surface area contributed by atoms with E-state index in [4.69, 9.17) is 14.0 Å². The normalized spacial score (nSPS) is 23.1. The summed E-state index contributed by atoms with van der Waals surface area (Å²) in [6.45, 7) is 5.54. The number of nitrogens with zero attached hydrogens (tertiary/aromatic N) is 3. The van der Waals surface area contributed by atoms with Gasteiger partial charge < -0.3 is 18.9 Å². The summed E-state index contributed by atoms with van der Waals surface area (Å²) in [6, 6.07) is 0. The third kappa shape index (κ3) is 3.47. The van der Waals surface area contributed by atoms with Crippen molar-refractivity contribution in [3.8, 4) is 0 Å². The largest absolute Gasteiger partial charge is 0.381 e. The Kier molecular flexibility index (Phi) is 5.04. The van der Waals surface area contributed by atoms with Crippen LogP contribution in [-0.4, -0.2) is 60.5 Å². The molecule has 0 bridgehead atoms. The molecule has 0 saturated carbocycles. The summed E-state index contributed by atoms with van der Waals surface area (Å²) in [5.74, 6) is 2.06. The van der Waals surface area contributed by atoms with Gasteiger partial charge in [-0.15, -0.1) is 0 Å². The topological polar surface area (TPSA) is 77.7 Å². The zero-order valence-corrected chi connectivity index (χ0v) is 13.0. The Morgan fingerprint density at radius 1 is 1.32 bits per heavy atom. The van der Waals surface area contributed by atoms with E-state index in [1.807, 2.05) is 11.8 Å². The number of ether oxygens (including phenoxy) is 2. The van der Waals surface area contributed by atoms with Crippen LogP contribution in [-0.2, 0) is 14.3 Å². The maximum atomic E-state index is 11.9. The van der Waals surface area contributed by atoms with E-state index >= 15 is 0 Å². The highest BCUT2D eigenvalue weighted by molar-refractivity contribution is 5.77. The molecule has 0 unspecified atom stereocenters. The summed E-state index contributed by atoms with van der Waals surface area (Å²) in [5, 5.41) is 4.10. The lowest BCUT2D eigenvalue weighted by atomic mass is 9.96. The fraction of sp³-hybridized carbons (Fsp3) is 0.800. The van der Waals surface area contributed by atoms with E-state index in [9.17, 15) is 4.79 Å². The van der Waals surface area contributed by atoms with Gasteiger partial charge in [0.15, 0.2) is 5.82 Å². The number of hydrogen-bond acceptors (Lipinski definition) is 6. The predicted molar refractivity (Wildman–Crippen MR) is 77.5 cm³/mol. The molecular formula is C15H23N3O4. The molecule has 0 aliphatic carbocycles. The van der Waals surface area contributed by atoms with E-state index in [2.05, 4.69) is 10.1 Å². The van der Waals surface area contributed by atoms with Crippen LogP contribution in [0.1, 0.15) is 49.7 Å². The van der Waals surface area contributed by atoms with Crippen LogP contribution in [0, 0.1) is 0 Å². The van der Waals surface area contributed by atoms with Gasteiger partial charge in [0.1, 0.15) is 6.61 Å². The number of carbonyl (C=O) groups excluding carboxylic acids is 1. The van der Waals surface area contributed by atoms with Gasteiger partial charge in [0, 0.05) is 38.1 Å². The summed E-state index contributed by atoms with van der Waals surface area (Å²) in [5.41, 5.74) is 0. The third-order valence-corrected chi connectivity index (χ3v) is 4.38. The van der Waals surface area contributed by atoms with Gasteiger partial charge in [-0.1, -0.05) is 5.16 Å². The van der Waals surface area contributed by atoms with Gasteiger partial charge in [-0.05, 0) is 26.2 Å². The summed E-state index contributed by atoms with van der Waals surface area (Å²) in [7, 11) is 0. The predicted octanol–water partition coefficient (Wildman–Crippen LogP) is 1.32. The monoisotopic (exact) mass is 309 g/mol. The van der Waals surface area contributed by atoms with Crippen LogP contribution < -0.4 is 0 Å². The minimum atomic E-state index is 0.0645. The number of likely N-dealkylation sites (tertiary alicyclic amines) is 1. The van der Waals surface area contributed by atoms with Crippen LogP contribution >= 0.6 is 0 Å². The molecule has 0 N–H and O–H groups in total. The summed E-state index contributed by atoms with van der Waals surface area (Å²) >= 11 is 0. The second-order valence-electron chi connectivity index (χ2n) is 5.84. The van der Waals surface area contributed by atoms with Crippen molar-refractivity contribution in [2.24, 2.45) is 0 Å². The van der Waals surface area contributed by atoms with Crippen molar-refractivity contribution in [1.82, 2.24) is 15.0 Å². The fourth-order valence-corrected chi connectivity index (χ4v) is 2.97. The smallest absolute Gasteiger partial charge is 0.248 e. The van der Waals surface area contributed by atoms with Crippen LogP contribution in [0.2, 0.25) is 0 Å². The van der Waals surface area contributed by atoms with Gasteiger partial charge in [0.25, 0.3) is 0 Å². The molecule has 1 amide bonds. The van der Waals surface area contributed by atoms with Crippen LogP contribution in [0.15, 0.2) is 4.52 Å². The Morgan fingerprint density at radius 3 is 2.82 bits per heavy atom. The Bertz CT molecular complexity index is 491. The molecule has 2 saturated heterocycles. The van der Waals surface area contributed by atoms with E-state index < -0.39 is 0 Å². The molecule has 0 aromatic carbocycles. The molecule has 1 atom stereocenters. The van der Waals surface area contributed by atoms with Crippen molar-refractivity contribution in [2.45, 2.75) is 38.0 Å². The van der Waals surface area contributed by atoms with Gasteiger partial charge in [-0.2, -0.15) is 4.98 Å². The molecule has 1 aromatic heterocycles. The molecule has 122 valence electrons. The second kappa shape index (κ2) is 7.19. The number of piperidine rings is 1. The lowest BCUT2D eigenvalue weighted by Crippen LogP contribution is -2.40. The molecule has 0 radical (unpaired) electrons. The zero-order chi connectivity index (χ0) is 15.4. The van der Waals surface area contributed by atoms with Gasteiger partial charge in [-0.3, -0.25) is 4.79 Å².